The van der Waals surface area contributed by atoms with Gasteiger partial charge in [0.25, 0.3) is 0 Å². The normalized spacial score (nSPS) is 11.4. The molecule has 8 heteroatoms. The van der Waals surface area contributed by atoms with Crippen molar-refractivity contribution in [3.8, 4) is 134 Å². The number of thiophene rings is 4. The van der Waals surface area contributed by atoms with Crippen LogP contribution < -0.4 is 0 Å². The van der Waals surface area contributed by atoms with Crippen molar-refractivity contribution in [1.29, 1.82) is 0 Å². The maximum atomic E-state index is 3.69. The molecule has 0 bridgehead atoms. The largest absolute Gasteiger partial charge is 0.309 e. The van der Waals surface area contributed by atoms with Gasteiger partial charge in [-0.15, -0.1) is 45.3 Å². The van der Waals surface area contributed by atoms with Crippen molar-refractivity contribution in [2.75, 3.05) is 0 Å². The zero-order valence-electron chi connectivity index (χ0n) is 65.1. The van der Waals surface area contributed by atoms with Crippen LogP contribution in [0.4, 0.5) is 0 Å². The van der Waals surface area contributed by atoms with Crippen molar-refractivity contribution >= 4 is 127 Å². The Kier molecular flexibility index (Phi) is 20.0. The zero-order valence-corrected chi connectivity index (χ0v) is 69.9. The van der Waals surface area contributed by atoms with Crippen LogP contribution >= 0.6 is 61.3 Å². The predicted octanol–water partition coefficient (Wildman–Crippen LogP) is 33.7. The molecule has 0 unspecified atom stereocenters. The quantitative estimate of drug-likeness (QED) is 0.103. The lowest BCUT2D eigenvalue weighted by Crippen LogP contribution is -1.93. The van der Waals surface area contributed by atoms with Gasteiger partial charge in [0.15, 0.2) is 0 Å². The first kappa shape index (κ1) is 73.8. The van der Waals surface area contributed by atoms with E-state index in [1.807, 2.05) is 45.3 Å². The fraction of sp³-hybridized carbons (Fsp3) is 0. The highest BCUT2D eigenvalue weighted by atomic mass is 79.9. The first-order valence-corrected chi connectivity index (χ1v) is 44.4. The molecule has 0 atom stereocenters. The number of para-hydroxylation sites is 1. The minimum absolute atomic E-state index is 1.09. The lowest BCUT2D eigenvalue weighted by Gasteiger charge is -2.10. The molecule has 0 spiro atoms. The lowest BCUT2D eigenvalue weighted by molar-refractivity contribution is 1.18. The second kappa shape index (κ2) is 32.6. The number of halogens is 1. The number of benzene rings is 16. The van der Waals surface area contributed by atoms with E-state index in [1.165, 1.54) is 194 Å². The Labute approximate surface area is 721 Å². The van der Waals surface area contributed by atoms with Gasteiger partial charge in [-0.2, -0.15) is 0 Å². The smallest absolute Gasteiger partial charge is 0.0541 e. The molecule has 23 rings (SSSR count). The van der Waals surface area contributed by atoms with Gasteiger partial charge in [0.05, 0.1) is 33.1 Å². The molecule has 0 amide bonds. The van der Waals surface area contributed by atoms with E-state index in [2.05, 4.69) is 479 Å². The van der Waals surface area contributed by atoms with Gasteiger partial charge >= 0.3 is 0 Å². The summed E-state index contributed by atoms with van der Waals surface area (Å²) in [4.78, 5) is 10.3. The molecule has 0 aliphatic carbocycles. The van der Waals surface area contributed by atoms with Gasteiger partial charge in [0.2, 0.25) is 0 Å². The van der Waals surface area contributed by atoms with Crippen molar-refractivity contribution in [2.24, 2.45) is 0 Å². The number of hydrogen-bond acceptors (Lipinski definition) is 4. The van der Waals surface area contributed by atoms with Crippen molar-refractivity contribution in [3.63, 3.8) is 0 Å². The standard InChI is InChI=1S/C44H29NS2.C34H22BrNS.C34H23NS/c1-4-10-30(11-5-1)34-18-22-39-37(28-34)38-29-35(44-27-26-42(47-44)32-14-8-3-9-15-32)19-23-40(38)45(39)36-20-16-33(17-21-36)43-25-24-41(46-43)31-12-6-2-7-13-31;35-27-14-18-32-30(22-27)29-21-26(23-7-3-1-4-8-23)13-17-31(29)36(32)28-15-11-25(12-16-28)34-20-19-33(37-34)24-9-5-2-6-10-24;1-3-9-24(10-4-1)27-17-20-32-30(23-27)29-13-7-8-14-31(29)35(32)28-18-15-26(16-19-28)34-22-21-33(36-34)25-11-5-2-6-12-25/h1-29H;1-22H;1-23H. The molecule has 0 N–H and O–H groups in total. The number of rotatable bonds is 14. The van der Waals surface area contributed by atoms with Crippen LogP contribution in [0.2, 0.25) is 0 Å². The summed E-state index contributed by atoms with van der Waals surface area (Å²) >= 11 is 11.1. The second-order valence-corrected chi connectivity index (χ2v) is 35.2. The molecule has 3 nitrogen and oxygen atoms in total. The summed E-state index contributed by atoms with van der Waals surface area (Å²) in [5.41, 5.74) is 28.2. The van der Waals surface area contributed by atoms with Gasteiger partial charge in [-0.3, -0.25) is 0 Å². The van der Waals surface area contributed by atoms with Crippen LogP contribution in [0, 0.1) is 0 Å². The fourth-order valence-corrected chi connectivity index (χ4v) is 21.2. The first-order valence-electron chi connectivity index (χ1n) is 40.3. The molecule has 0 saturated heterocycles. The highest BCUT2D eigenvalue weighted by Crippen LogP contribution is 2.45. The second-order valence-electron chi connectivity index (χ2n) is 30.0. The Hall–Kier alpha value is -13.8. The Morgan fingerprint density at radius 2 is 0.342 bits per heavy atom. The number of fused-ring (bicyclic) bond motifs is 9. The molecule has 0 radical (unpaired) electrons. The van der Waals surface area contributed by atoms with E-state index in [4.69, 9.17) is 0 Å². The van der Waals surface area contributed by atoms with E-state index < -0.39 is 0 Å². The minimum atomic E-state index is 1.09. The van der Waals surface area contributed by atoms with Crippen molar-refractivity contribution in [3.05, 3.63) is 453 Å². The van der Waals surface area contributed by atoms with Crippen LogP contribution in [0.5, 0.6) is 0 Å². The molecule has 7 heterocycles. The average molecular weight is 1670 g/mol. The summed E-state index contributed by atoms with van der Waals surface area (Å²) in [7, 11) is 0. The van der Waals surface area contributed by atoms with Crippen molar-refractivity contribution in [1.82, 2.24) is 13.7 Å². The van der Waals surface area contributed by atoms with E-state index >= 15 is 0 Å². The summed E-state index contributed by atoms with van der Waals surface area (Å²) in [5.74, 6) is 0. The first-order chi connectivity index (χ1) is 59.4. The van der Waals surface area contributed by atoms with Gasteiger partial charge < -0.3 is 13.7 Å². The summed E-state index contributed by atoms with van der Waals surface area (Å²) in [6, 6.07) is 162. The third kappa shape index (κ3) is 14.5. The SMILES string of the molecule is Brc1ccc2c(c1)c1cc(-c3ccccc3)ccc1n2-c1ccc(-c2ccc(-c3ccccc3)s2)cc1.c1ccc(-c2ccc3c(c2)c2cc(-c4ccc(-c5ccccc5)s4)ccc2n3-c2ccc(-c3ccc(-c4ccccc4)s3)cc2)cc1.c1ccc(-c2ccc3c(c2)c2ccccc2n3-c2ccc(-c3ccc(-c4ccccc4)s3)cc2)cc1. The van der Waals surface area contributed by atoms with Crippen LogP contribution in [-0.4, -0.2) is 13.7 Å². The molecule has 0 aliphatic heterocycles. The number of nitrogens with zero attached hydrogens (tertiary/aromatic N) is 3. The van der Waals surface area contributed by atoms with Gasteiger partial charge in [-0.05, 0) is 236 Å². The fourth-order valence-electron chi connectivity index (χ4n) is 16.7. The summed E-state index contributed by atoms with van der Waals surface area (Å²) in [6.45, 7) is 0. The molecule has 0 aliphatic rings. The van der Waals surface area contributed by atoms with E-state index in [-0.39, 0.29) is 0 Å². The molecule has 7 aromatic heterocycles. The van der Waals surface area contributed by atoms with Gasteiger partial charge in [0.1, 0.15) is 0 Å². The number of aromatic nitrogens is 3. The topological polar surface area (TPSA) is 14.8 Å². The van der Waals surface area contributed by atoms with E-state index in [9.17, 15) is 0 Å². The zero-order chi connectivity index (χ0) is 79.8. The van der Waals surface area contributed by atoms with E-state index in [0.717, 1.165) is 10.2 Å². The van der Waals surface area contributed by atoms with E-state index in [1.54, 1.807) is 0 Å². The Morgan fingerprint density at radius 3 is 0.642 bits per heavy atom. The highest BCUT2D eigenvalue weighted by molar-refractivity contribution is 9.10. The third-order valence-electron chi connectivity index (χ3n) is 22.7. The van der Waals surface area contributed by atoms with Crippen molar-refractivity contribution < 1.29 is 0 Å². The van der Waals surface area contributed by atoms with E-state index in [0.29, 0.717) is 0 Å². The molecule has 23 aromatic rings. The van der Waals surface area contributed by atoms with Gasteiger partial charge in [-0.25, -0.2) is 0 Å². The minimum Gasteiger partial charge on any atom is -0.309 e. The average Bonchev–Trinajstić information content (AvgIpc) is 1.59. The van der Waals surface area contributed by atoms with Gasteiger partial charge in [-0.1, -0.05) is 307 Å². The Bertz CT molecular complexity index is 7590. The maximum absolute atomic E-state index is 3.69. The third-order valence-corrected chi connectivity index (χ3v) is 27.9. The molecule has 0 saturated carbocycles. The molecule has 16 aromatic carbocycles. The lowest BCUT2D eigenvalue weighted by atomic mass is 10.0. The van der Waals surface area contributed by atoms with Gasteiger partial charge in [0, 0.05) is 92.9 Å². The highest BCUT2D eigenvalue weighted by Gasteiger charge is 2.21. The van der Waals surface area contributed by atoms with Crippen LogP contribution in [0.25, 0.3) is 199 Å². The number of hydrogen-bond donors (Lipinski definition) is 0. The monoisotopic (exact) mass is 1670 g/mol. The Balaban J connectivity index is 0.000000113. The van der Waals surface area contributed by atoms with Crippen LogP contribution in [0.15, 0.2) is 453 Å². The van der Waals surface area contributed by atoms with Crippen molar-refractivity contribution in [2.45, 2.75) is 0 Å². The molecular formula is C112H74BrN3S4. The molecule has 0 fully saturated rings. The summed E-state index contributed by atoms with van der Waals surface area (Å²) in [6.07, 6.45) is 0. The molecule has 120 heavy (non-hydrogen) atoms. The summed E-state index contributed by atoms with van der Waals surface area (Å²) < 4.78 is 8.26. The molecular weight excluding hydrogens is 1600 g/mol. The van der Waals surface area contributed by atoms with Crippen LogP contribution in [-0.2, 0) is 0 Å². The van der Waals surface area contributed by atoms with Crippen LogP contribution in [0.3, 0.4) is 0 Å². The Morgan fingerprint density at radius 1 is 0.142 bits per heavy atom. The molecule has 568 valence electrons. The predicted molar refractivity (Wildman–Crippen MR) is 521 cm³/mol. The summed E-state index contributed by atoms with van der Waals surface area (Å²) in [5, 5.41) is 7.59. The van der Waals surface area contributed by atoms with Crippen LogP contribution in [0.1, 0.15) is 0 Å². The maximum Gasteiger partial charge on any atom is 0.0541 e.